The van der Waals surface area contributed by atoms with Crippen LogP contribution in [0.25, 0.3) is 22.6 Å². The van der Waals surface area contributed by atoms with Gasteiger partial charge in [-0.25, -0.2) is 19.2 Å². The number of anilines is 1. The molecule has 1 amide bonds. The van der Waals surface area contributed by atoms with Gasteiger partial charge in [0, 0.05) is 22.8 Å². The highest BCUT2D eigenvalue weighted by Crippen LogP contribution is 2.36. The van der Waals surface area contributed by atoms with Crippen LogP contribution in [0.2, 0.25) is 5.02 Å². The van der Waals surface area contributed by atoms with E-state index < -0.39 is 11.9 Å². The number of hydrogen-bond donors (Lipinski definition) is 3. The maximum atomic E-state index is 14.2. The molecule has 3 rings (SSSR count). The molecule has 122 valence electrons. The van der Waals surface area contributed by atoms with Gasteiger partial charge >= 0.3 is 6.09 Å². The first-order chi connectivity index (χ1) is 11.4. The van der Waals surface area contributed by atoms with Crippen LogP contribution in [0, 0.1) is 5.82 Å². The summed E-state index contributed by atoms with van der Waals surface area (Å²) in [5.41, 5.74) is 11.9. The van der Waals surface area contributed by atoms with Gasteiger partial charge in [-0.1, -0.05) is 11.6 Å². The van der Waals surface area contributed by atoms with Crippen molar-refractivity contribution in [2.75, 3.05) is 5.73 Å². The number of carbonyl (C=O) groups is 1. The number of carbonyl (C=O) groups excluding carboxylic acids is 1. The fraction of sp³-hybridized carbons (Fsp3) is 0. The fourth-order valence-corrected chi connectivity index (χ4v) is 2.34. The summed E-state index contributed by atoms with van der Waals surface area (Å²) in [6.07, 6.45) is 0.439. The Morgan fingerprint density at radius 1 is 1.29 bits per heavy atom. The number of halogens is 2. The van der Waals surface area contributed by atoms with Crippen LogP contribution in [0.3, 0.4) is 0 Å². The van der Waals surface area contributed by atoms with Crippen molar-refractivity contribution in [2.45, 2.75) is 0 Å². The Bertz CT molecular complexity index is 928. The minimum Gasteiger partial charge on any atom is -0.408 e. The molecule has 2 heterocycles. The smallest absolute Gasteiger partial charge is 0.408 e. The van der Waals surface area contributed by atoms with Gasteiger partial charge in [-0.15, -0.1) is 0 Å². The number of H-pyrrole nitrogens is 1. The summed E-state index contributed by atoms with van der Waals surface area (Å²) in [5.74, 6) is -0.470. The summed E-state index contributed by atoms with van der Waals surface area (Å²) in [6.45, 7) is 0. The molecule has 0 saturated carbocycles. The van der Waals surface area contributed by atoms with Crippen molar-refractivity contribution in [2.24, 2.45) is 5.73 Å². The van der Waals surface area contributed by atoms with Gasteiger partial charge in [-0.2, -0.15) is 0 Å². The van der Waals surface area contributed by atoms with E-state index in [4.69, 9.17) is 27.8 Å². The van der Waals surface area contributed by atoms with E-state index in [1.807, 2.05) is 0 Å². The average molecular weight is 348 g/mol. The van der Waals surface area contributed by atoms with Gasteiger partial charge in [0.1, 0.15) is 5.82 Å². The van der Waals surface area contributed by atoms with Crippen LogP contribution < -0.4 is 16.2 Å². The first kappa shape index (κ1) is 15.8. The summed E-state index contributed by atoms with van der Waals surface area (Å²) in [7, 11) is 0. The van der Waals surface area contributed by atoms with Crippen molar-refractivity contribution < 1.29 is 13.9 Å². The Hall–Kier alpha value is -3.13. The average Bonchev–Trinajstić information content (AvgIpc) is 2.90. The molecule has 9 heteroatoms. The third kappa shape index (κ3) is 3.13. The molecule has 24 heavy (non-hydrogen) atoms. The number of ether oxygens (including phenoxy) is 1. The minimum absolute atomic E-state index is 0.0518. The van der Waals surface area contributed by atoms with Gasteiger partial charge in [0.25, 0.3) is 0 Å². The van der Waals surface area contributed by atoms with Crippen LogP contribution in [0.1, 0.15) is 0 Å². The molecule has 7 nitrogen and oxygen atoms in total. The number of aromatic amines is 1. The van der Waals surface area contributed by atoms with E-state index in [9.17, 15) is 9.18 Å². The number of nitrogens with zero attached hydrogens (tertiary/aromatic N) is 2. The van der Waals surface area contributed by atoms with Crippen molar-refractivity contribution in [3.63, 3.8) is 0 Å². The fourth-order valence-electron chi connectivity index (χ4n) is 2.18. The van der Waals surface area contributed by atoms with Gasteiger partial charge in [0.05, 0.1) is 17.1 Å². The number of nitrogens with one attached hydrogen (secondary N) is 1. The first-order valence-corrected chi connectivity index (χ1v) is 7.06. The Morgan fingerprint density at radius 3 is 2.75 bits per heavy atom. The molecule has 2 aromatic heterocycles. The number of primary amides is 1. The number of rotatable bonds is 3. The van der Waals surface area contributed by atoms with Gasteiger partial charge in [-0.05, 0) is 24.3 Å². The highest BCUT2D eigenvalue weighted by molar-refractivity contribution is 6.30. The predicted octanol–water partition coefficient (Wildman–Crippen LogP) is 2.97. The molecule has 0 unspecified atom stereocenters. The SMILES string of the molecule is NC(=O)Oc1cc(-c2ccnc(N)n2)[nH]c1-c1ccc(Cl)cc1F. The maximum Gasteiger partial charge on any atom is 0.410 e. The third-order valence-corrected chi connectivity index (χ3v) is 3.38. The molecule has 1 aromatic carbocycles. The molecule has 0 fully saturated rings. The molecule has 0 saturated heterocycles. The monoisotopic (exact) mass is 347 g/mol. The molecule has 0 aliphatic rings. The van der Waals surface area contributed by atoms with Crippen molar-refractivity contribution in [1.29, 1.82) is 0 Å². The van der Waals surface area contributed by atoms with Crippen LogP contribution in [0.15, 0.2) is 36.5 Å². The number of aromatic nitrogens is 3. The Morgan fingerprint density at radius 2 is 2.08 bits per heavy atom. The summed E-state index contributed by atoms with van der Waals surface area (Å²) in [4.78, 5) is 21.9. The second kappa shape index (κ2) is 6.17. The van der Waals surface area contributed by atoms with Gasteiger partial charge < -0.3 is 21.2 Å². The summed E-state index contributed by atoms with van der Waals surface area (Å²) >= 11 is 5.76. The molecular formula is C15H11ClFN5O2. The zero-order chi connectivity index (χ0) is 17.3. The zero-order valence-corrected chi connectivity index (χ0v) is 12.8. The van der Waals surface area contributed by atoms with Crippen LogP contribution in [-0.2, 0) is 0 Å². The Balaban J connectivity index is 2.15. The highest BCUT2D eigenvalue weighted by atomic mass is 35.5. The van der Waals surface area contributed by atoms with Crippen LogP contribution in [0.4, 0.5) is 15.1 Å². The number of benzene rings is 1. The molecule has 0 atom stereocenters. The summed E-state index contributed by atoms with van der Waals surface area (Å²) in [6, 6.07) is 7.18. The minimum atomic E-state index is -1.03. The van der Waals surface area contributed by atoms with Crippen LogP contribution >= 0.6 is 11.6 Å². The zero-order valence-electron chi connectivity index (χ0n) is 12.1. The summed E-state index contributed by atoms with van der Waals surface area (Å²) in [5, 5.41) is 0.240. The lowest BCUT2D eigenvalue weighted by Gasteiger charge is -2.05. The largest absolute Gasteiger partial charge is 0.410 e. The lowest BCUT2D eigenvalue weighted by Crippen LogP contribution is -2.16. The van der Waals surface area contributed by atoms with Gasteiger partial charge in [-0.3, -0.25) is 0 Å². The molecule has 0 bridgehead atoms. The second-order valence-corrected chi connectivity index (χ2v) is 5.20. The number of amides is 1. The third-order valence-electron chi connectivity index (χ3n) is 3.14. The van der Waals surface area contributed by atoms with E-state index in [0.29, 0.717) is 11.4 Å². The lowest BCUT2D eigenvalue weighted by molar-refractivity contribution is 0.211. The molecule has 0 aliphatic heterocycles. The molecule has 0 spiro atoms. The van der Waals surface area contributed by atoms with E-state index in [-0.39, 0.29) is 28.0 Å². The summed E-state index contributed by atoms with van der Waals surface area (Å²) < 4.78 is 19.2. The molecule has 5 N–H and O–H groups in total. The standard InChI is InChI=1S/C15H11ClFN5O2/c16-7-1-2-8(9(17)5-7)13-12(24-15(19)23)6-11(21-13)10-3-4-20-14(18)22-10/h1-6,21H,(H2,19,23)(H2,18,20,22). The maximum absolute atomic E-state index is 14.2. The van der Waals surface area contributed by atoms with Gasteiger partial charge in [0.2, 0.25) is 5.95 Å². The van der Waals surface area contributed by atoms with E-state index in [0.717, 1.165) is 6.07 Å². The topological polar surface area (TPSA) is 120 Å². The van der Waals surface area contributed by atoms with E-state index in [1.54, 1.807) is 6.07 Å². The quantitative estimate of drug-likeness (QED) is 0.672. The second-order valence-electron chi connectivity index (χ2n) is 4.77. The van der Waals surface area contributed by atoms with Crippen molar-refractivity contribution in [1.82, 2.24) is 15.0 Å². The van der Waals surface area contributed by atoms with E-state index in [1.165, 1.54) is 24.4 Å². The van der Waals surface area contributed by atoms with E-state index in [2.05, 4.69) is 15.0 Å². The first-order valence-electron chi connectivity index (χ1n) is 6.68. The lowest BCUT2D eigenvalue weighted by atomic mass is 10.1. The molecule has 3 aromatic rings. The highest BCUT2D eigenvalue weighted by Gasteiger charge is 2.18. The van der Waals surface area contributed by atoms with Crippen molar-refractivity contribution >= 4 is 23.6 Å². The van der Waals surface area contributed by atoms with Crippen LogP contribution in [-0.4, -0.2) is 21.0 Å². The van der Waals surface area contributed by atoms with Crippen molar-refractivity contribution in [3.8, 4) is 28.4 Å². The van der Waals surface area contributed by atoms with Crippen molar-refractivity contribution in [3.05, 3.63) is 47.4 Å². The van der Waals surface area contributed by atoms with E-state index >= 15 is 0 Å². The molecular weight excluding hydrogens is 337 g/mol. The predicted molar refractivity (Wildman–Crippen MR) is 86.8 cm³/mol. The normalized spacial score (nSPS) is 10.6. The Kier molecular flexibility index (Phi) is 4.05. The van der Waals surface area contributed by atoms with Gasteiger partial charge in [0.15, 0.2) is 5.75 Å². The Labute approximate surface area is 140 Å². The number of hydrogen-bond acceptors (Lipinski definition) is 5. The number of nitrogens with two attached hydrogens (primary N) is 2. The number of nitrogen functional groups attached to an aromatic ring is 1. The van der Waals surface area contributed by atoms with Crippen LogP contribution in [0.5, 0.6) is 5.75 Å². The molecule has 0 radical (unpaired) electrons. The molecule has 0 aliphatic carbocycles.